The highest BCUT2D eigenvalue weighted by molar-refractivity contribution is 9.10. The largest absolute Gasteiger partial charge is 0.457 e. The van der Waals surface area contributed by atoms with Crippen LogP contribution in [0.2, 0.25) is 0 Å². The summed E-state index contributed by atoms with van der Waals surface area (Å²) in [5.74, 6) is 1.95. The summed E-state index contributed by atoms with van der Waals surface area (Å²) in [6.07, 6.45) is 1.61. The van der Waals surface area contributed by atoms with Gasteiger partial charge in [0.15, 0.2) is 0 Å². The first-order valence-electron chi connectivity index (χ1n) is 5.68. The number of hydrogen-bond donors (Lipinski definition) is 2. The van der Waals surface area contributed by atoms with Crippen LogP contribution in [0.15, 0.2) is 41.0 Å². The zero-order valence-electron chi connectivity index (χ0n) is 9.81. The third-order valence-corrected chi connectivity index (χ3v) is 3.24. The number of hydrogen-bond acceptors (Lipinski definition) is 3. The van der Waals surface area contributed by atoms with Crippen LogP contribution in [0, 0.1) is 0 Å². The molecule has 19 heavy (non-hydrogen) atoms. The third-order valence-electron chi connectivity index (χ3n) is 2.71. The monoisotopic (exact) mass is 319 g/mol. The molecule has 2 amide bonds. The molecular weight excluding hydrogens is 310 g/mol. The number of urea groups is 1. The van der Waals surface area contributed by atoms with Crippen LogP contribution in [0.5, 0.6) is 11.5 Å². The highest BCUT2D eigenvalue weighted by Gasteiger charge is 2.19. The van der Waals surface area contributed by atoms with Crippen molar-refractivity contribution >= 4 is 27.8 Å². The molecular formula is C13H10BrN3O2. The van der Waals surface area contributed by atoms with Gasteiger partial charge < -0.3 is 10.1 Å². The molecule has 3 rings (SSSR count). The second kappa shape index (κ2) is 4.89. The first kappa shape index (κ1) is 12.0. The Bertz CT molecular complexity index is 628. The van der Waals surface area contributed by atoms with Gasteiger partial charge in [-0.15, -0.1) is 0 Å². The van der Waals surface area contributed by atoms with Crippen LogP contribution in [0.3, 0.4) is 0 Å². The van der Waals surface area contributed by atoms with E-state index in [0.29, 0.717) is 18.1 Å². The number of aromatic nitrogens is 1. The van der Waals surface area contributed by atoms with Gasteiger partial charge in [-0.1, -0.05) is 15.9 Å². The topological polar surface area (TPSA) is 63.2 Å². The van der Waals surface area contributed by atoms with Gasteiger partial charge in [-0.3, -0.25) is 5.32 Å². The molecule has 0 spiro atoms. The van der Waals surface area contributed by atoms with Crippen molar-refractivity contribution < 1.29 is 9.53 Å². The summed E-state index contributed by atoms with van der Waals surface area (Å²) in [5.41, 5.74) is 0.838. The van der Waals surface area contributed by atoms with Gasteiger partial charge in [0.25, 0.3) is 0 Å². The number of rotatable bonds is 2. The standard InChI is InChI=1S/C13H10BrN3O2/c14-8-1-3-9(4-2-8)19-11-5-6-15-12-10(11)7-16-13(18)17-12/h1-6H,7H2,(H2,15,16,17,18). The average Bonchev–Trinajstić information content (AvgIpc) is 2.41. The number of benzene rings is 1. The molecule has 0 bridgehead atoms. The molecule has 2 N–H and O–H groups in total. The smallest absolute Gasteiger partial charge is 0.320 e. The van der Waals surface area contributed by atoms with Crippen molar-refractivity contribution in [3.63, 3.8) is 0 Å². The van der Waals surface area contributed by atoms with Crippen molar-refractivity contribution in [1.82, 2.24) is 10.3 Å². The summed E-state index contributed by atoms with van der Waals surface area (Å²) >= 11 is 3.37. The van der Waals surface area contributed by atoms with E-state index in [1.54, 1.807) is 12.3 Å². The van der Waals surface area contributed by atoms with Crippen molar-refractivity contribution in [2.75, 3.05) is 5.32 Å². The van der Waals surface area contributed by atoms with E-state index in [4.69, 9.17) is 4.74 Å². The SMILES string of the molecule is O=C1NCc2c(Oc3ccc(Br)cc3)ccnc2N1. The lowest BCUT2D eigenvalue weighted by Gasteiger charge is -2.19. The molecule has 0 unspecified atom stereocenters. The number of amides is 2. The lowest BCUT2D eigenvalue weighted by molar-refractivity contribution is 0.250. The number of nitrogens with zero attached hydrogens (tertiary/aromatic N) is 1. The molecule has 1 aromatic carbocycles. The number of carbonyl (C=O) groups excluding carboxylic acids is 1. The molecule has 0 aliphatic carbocycles. The maximum Gasteiger partial charge on any atom is 0.320 e. The third kappa shape index (κ3) is 2.53. The first-order valence-corrected chi connectivity index (χ1v) is 6.48. The lowest BCUT2D eigenvalue weighted by atomic mass is 10.2. The molecule has 96 valence electrons. The molecule has 6 heteroatoms. The van der Waals surface area contributed by atoms with E-state index in [1.165, 1.54) is 0 Å². The van der Waals surface area contributed by atoms with Crippen LogP contribution >= 0.6 is 15.9 Å². The fourth-order valence-electron chi connectivity index (χ4n) is 1.80. The van der Waals surface area contributed by atoms with E-state index in [9.17, 15) is 4.79 Å². The van der Waals surface area contributed by atoms with Gasteiger partial charge in [0.2, 0.25) is 0 Å². The van der Waals surface area contributed by atoms with E-state index in [2.05, 4.69) is 31.5 Å². The molecule has 1 aromatic heterocycles. The summed E-state index contributed by atoms with van der Waals surface area (Å²) in [7, 11) is 0. The van der Waals surface area contributed by atoms with E-state index < -0.39 is 0 Å². The highest BCUT2D eigenvalue weighted by atomic mass is 79.9. The number of carbonyl (C=O) groups is 1. The molecule has 5 nitrogen and oxygen atoms in total. The number of pyridine rings is 1. The van der Waals surface area contributed by atoms with Crippen molar-refractivity contribution in [1.29, 1.82) is 0 Å². The first-order chi connectivity index (χ1) is 9.22. The number of fused-ring (bicyclic) bond motifs is 1. The fraction of sp³-hybridized carbons (Fsp3) is 0.0769. The minimum absolute atomic E-state index is 0.249. The quantitative estimate of drug-likeness (QED) is 0.893. The molecule has 0 fully saturated rings. The molecule has 0 radical (unpaired) electrons. The van der Waals surface area contributed by atoms with Gasteiger partial charge in [0, 0.05) is 10.7 Å². The Kier molecular flexibility index (Phi) is 3.08. The van der Waals surface area contributed by atoms with Gasteiger partial charge >= 0.3 is 6.03 Å². The molecule has 0 atom stereocenters. The van der Waals surface area contributed by atoms with Crippen molar-refractivity contribution in [3.05, 3.63) is 46.6 Å². The van der Waals surface area contributed by atoms with Crippen LogP contribution < -0.4 is 15.4 Å². The molecule has 0 saturated heterocycles. The molecule has 2 aromatic rings. The molecule has 0 saturated carbocycles. The van der Waals surface area contributed by atoms with Crippen molar-refractivity contribution in [2.24, 2.45) is 0 Å². The second-order valence-electron chi connectivity index (χ2n) is 4.00. The van der Waals surface area contributed by atoms with Gasteiger partial charge in [0.05, 0.1) is 12.1 Å². The summed E-state index contributed by atoms with van der Waals surface area (Å²) in [5, 5.41) is 5.34. The molecule has 1 aliphatic rings. The van der Waals surface area contributed by atoms with E-state index in [1.807, 2.05) is 24.3 Å². The Morgan fingerprint density at radius 2 is 2.00 bits per heavy atom. The van der Waals surface area contributed by atoms with Crippen LogP contribution in [0.4, 0.5) is 10.6 Å². The number of ether oxygens (including phenoxy) is 1. The Balaban J connectivity index is 1.91. The van der Waals surface area contributed by atoms with Crippen LogP contribution in [0.25, 0.3) is 0 Å². The van der Waals surface area contributed by atoms with E-state index in [-0.39, 0.29) is 6.03 Å². The van der Waals surface area contributed by atoms with Gasteiger partial charge in [0.1, 0.15) is 17.3 Å². The predicted molar refractivity (Wildman–Crippen MR) is 74.3 cm³/mol. The average molecular weight is 320 g/mol. The fourth-order valence-corrected chi connectivity index (χ4v) is 2.06. The summed E-state index contributed by atoms with van der Waals surface area (Å²) in [6, 6.07) is 9.07. The van der Waals surface area contributed by atoms with Crippen LogP contribution in [0.1, 0.15) is 5.56 Å². The zero-order chi connectivity index (χ0) is 13.2. The lowest BCUT2D eigenvalue weighted by Crippen LogP contribution is -2.34. The summed E-state index contributed by atoms with van der Waals surface area (Å²) in [6.45, 7) is 0.404. The molecule has 2 heterocycles. The van der Waals surface area contributed by atoms with E-state index >= 15 is 0 Å². The maximum absolute atomic E-state index is 11.2. The minimum atomic E-state index is -0.249. The number of nitrogens with one attached hydrogen (secondary N) is 2. The van der Waals surface area contributed by atoms with Crippen molar-refractivity contribution in [3.8, 4) is 11.5 Å². The minimum Gasteiger partial charge on any atom is -0.457 e. The maximum atomic E-state index is 11.2. The van der Waals surface area contributed by atoms with Gasteiger partial charge in [-0.25, -0.2) is 9.78 Å². The van der Waals surface area contributed by atoms with Gasteiger partial charge in [-0.05, 0) is 30.3 Å². The van der Waals surface area contributed by atoms with Gasteiger partial charge in [-0.2, -0.15) is 0 Å². The zero-order valence-corrected chi connectivity index (χ0v) is 11.4. The second-order valence-corrected chi connectivity index (χ2v) is 4.92. The number of halogens is 1. The van der Waals surface area contributed by atoms with E-state index in [0.717, 1.165) is 15.8 Å². The van der Waals surface area contributed by atoms with Crippen LogP contribution in [-0.2, 0) is 6.54 Å². The predicted octanol–water partition coefficient (Wildman–Crippen LogP) is 3.27. The normalized spacial score (nSPS) is 13.2. The Labute approximate surface area is 118 Å². The van der Waals surface area contributed by atoms with Crippen LogP contribution in [-0.4, -0.2) is 11.0 Å². The summed E-state index contributed by atoms with van der Waals surface area (Å²) in [4.78, 5) is 15.4. The summed E-state index contributed by atoms with van der Waals surface area (Å²) < 4.78 is 6.81. The molecule has 1 aliphatic heterocycles. The Morgan fingerprint density at radius 3 is 2.79 bits per heavy atom. The highest BCUT2D eigenvalue weighted by Crippen LogP contribution is 2.30. The number of anilines is 1. The Hall–Kier alpha value is -2.08. The van der Waals surface area contributed by atoms with Crippen molar-refractivity contribution in [2.45, 2.75) is 6.54 Å². The Morgan fingerprint density at radius 1 is 1.21 bits per heavy atom.